The van der Waals surface area contributed by atoms with Crippen LogP contribution < -0.4 is 10.6 Å². The molecule has 1 amide bonds. The third-order valence-corrected chi connectivity index (χ3v) is 3.63. The van der Waals surface area contributed by atoms with Gasteiger partial charge in [-0.25, -0.2) is 4.79 Å². The molecule has 0 saturated carbocycles. The van der Waals surface area contributed by atoms with Crippen LogP contribution in [0.2, 0.25) is 0 Å². The fourth-order valence-corrected chi connectivity index (χ4v) is 2.62. The first kappa shape index (κ1) is 14.5. The number of carbonyl (C=O) groups excluding carboxylic acids is 1. The van der Waals surface area contributed by atoms with Crippen LogP contribution in [0.25, 0.3) is 0 Å². The van der Waals surface area contributed by atoms with Gasteiger partial charge in [-0.1, -0.05) is 12.1 Å². The van der Waals surface area contributed by atoms with Crippen LogP contribution in [0, 0.1) is 12.8 Å². The number of benzene rings is 1. The lowest BCUT2D eigenvalue weighted by Gasteiger charge is -2.22. The molecule has 20 heavy (non-hydrogen) atoms. The molecule has 1 aliphatic heterocycles. The highest BCUT2D eigenvalue weighted by Crippen LogP contribution is 2.21. The van der Waals surface area contributed by atoms with Crippen LogP contribution >= 0.6 is 0 Å². The maximum atomic E-state index is 12.0. The third kappa shape index (κ3) is 3.57. The second-order valence-electron chi connectivity index (χ2n) is 5.27. The number of hydrogen-bond donors (Lipinski definition) is 3. The molecular weight excluding hydrogens is 256 g/mol. The van der Waals surface area contributed by atoms with Gasteiger partial charge in [-0.15, -0.1) is 0 Å². The number of carboxylic acids is 1. The van der Waals surface area contributed by atoms with E-state index in [1.54, 1.807) is 25.1 Å². The van der Waals surface area contributed by atoms with Gasteiger partial charge in [0.2, 0.25) is 5.91 Å². The van der Waals surface area contributed by atoms with Crippen LogP contribution in [0.3, 0.4) is 0 Å². The van der Waals surface area contributed by atoms with Gasteiger partial charge in [0.1, 0.15) is 0 Å². The van der Waals surface area contributed by atoms with Crippen molar-refractivity contribution in [2.75, 3.05) is 18.4 Å². The van der Waals surface area contributed by atoms with Gasteiger partial charge in [-0.2, -0.15) is 0 Å². The van der Waals surface area contributed by atoms with Crippen LogP contribution in [-0.2, 0) is 4.79 Å². The molecule has 1 fully saturated rings. The summed E-state index contributed by atoms with van der Waals surface area (Å²) in [5, 5.41) is 15.2. The van der Waals surface area contributed by atoms with Crippen LogP contribution in [0.4, 0.5) is 5.69 Å². The highest BCUT2D eigenvalue weighted by atomic mass is 16.4. The van der Waals surface area contributed by atoms with E-state index in [0.717, 1.165) is 25.9 Å². The quantitative estimate of drug-likeness (QED) is 0.786. The number of piperidine rings is 1. The highest BCUT2D eigenvalue weighted by Gasteiger charge is 2.19. The van der Waals surface area contributed by atoms with E-state index in [4.69, 9.17) is 0 Å². The second-order valence-corrected chi connectivity index (χ2v) is 5.27. The Bertz CT molecular complexity index is 508. The summed E-state index contributed by atoms with van der Waals surface area (Å²) in [7, 11) is 0. The molecule has 0 bridgehead atoms. The SMILES string of the molecule is Cc1cccc(NC(=O)CC2CCCNC2)c1C(=O)O. The number of amides is 1. The number of rotatable bonds is 4. The molecule has 3 N–H and O–H groups in total. The van der Waals surface area contributed by atoms with E-state index in [2.05, 4.69) is 10.6 Å². The van der Waals surface area contributed by atoms with Gasteiger partial charge >= 0.3 is 5.97 Å². The number of carbonyl (C=O) groups is 2. The zero-order valence-electron chi connectivity index (χ0n) is 11.6. The van der Waals surface area contributed by atoms with Crippen molar-refractivity contribution in [3.63, 3.8) is 0 Å². The molecule has 1 atom stereocenters. The Labute approximate surface area is 118 Å². The van der Waals surface area contributed by atoms with E-state index in [-0.39, 0.29) is 11.5 Å². The average Bonchev–Trinajstić information content (AvgIpc) is 2.39. The van der Waals surface area contributed by atoms with Crippen molar-refractivity contribution in [3.05, 3.63) is 29.3 Å². The van der Waals surface area contributed by atoms with Crippen molar-refractivity contribution < 1.29 is 14.7 Å². The summed E-state index contributed by atoms with van der Waals surface area (Å²) >= 11 is 0. The third-order valence-electron chi connectivity index (χ3n) is 3.63. The van der Waals surface area contributed by atoms with Gasteiger partial charge in [0, 0.05) is 6.42 Å². The van der Waals surface area contributed by atoms with Gasteiger partial charge in [0.05, 0.1) is 11.3 Å². The van der Waals surface area contributed by atoms with Crippen molar-refractivity contribution in [2.24, 2.45) is 5.92 Å². The van der Waals surface area contributed by atoms with E-state index in [9.17, 15) is 14.7 Å². The molecule has 0 aromatic heterocycles. The first-order valence-electron chi connectivity index (χ1n) is 6.91. The van der Waals surface area contributed by atoms with Gasteiger partial charge in [0.15, 0.2) is 0 Å². The van der Waals surface area contributed by atoms with Gasteiger partial charge in [-0.05, 0) is 50.4 Å². The largest absolute Gasteiger partial charge is 0.478 e. The molecule has 5 heteroatoms. The van der Waals surface area contributed by atoms with E-state index in [1.807, 2.05) is 0 Å². The molecule has 108 valence electrons. The standard InChI is InChI=1S/C15H20N2O3/c1-10-4-2-6-12(14(10)15(19)20)17-13(18)8-11-5-3-7-16-9-11/h2,4,6,11,16H,3,5,7-9H2,1H3,(H,17,18)(H,19,20). The Hall–Kier alpha value is -1.88. The van der Waals surface area contributed by atoms with Crippen LogP contribution in [0.1, 0.15) is 35.2 Å². The number of anilines is 1. The van der Waals surface area contributed by atoms with Crippen LogP contribution in [0.15, 0.2) is 18.2 Å². The predicted molar refractivity (Wildman–Crippen MR) is 77.0 cm³/mol. The molecule has 1 saturated heterocycles. The minimum Gasteiger partial charge on any atom is -0.478 e. The first-order chi connectivity index (χ1) is 9.58. The Balaban J connectivity index is 2.04. The molecular formula is C15H20N2O3. The zero-order chi connectivity index (χ0) is 14.5. The van der Waals surface area contributed by atoms with Crippen molar-refractivity contribution in [1.82, 2.24) is 5.32 Å². The molecule has 5 nitrogen and oxygen atoms in total. The van der Waals surface area contributed by atoms with Crippen LogP contribution in [-0.4, -0.2) is 30.1 Å². The summed E-state index contributed by atoms with van der Waals surface area (Å²) in [5.74, 6) is -0.800. The molecule has 1 heterocycles. The molecule has 1 unspecified atom stereocenters. The fraction of sp³-hybridized carbons (Fsp3) is 0.467. The van der Waals surface area contributed by atoms with Crippen molar-refractivity contribution >= 4 is 17.6 Å². The Morgan fingerprint density at radius 1 is 1.45 bits per heavy atom. The molecule has 1 aliphatic rings. The van der Waals surface area contributed by atoms with E-state index >= 15 is 0 Å². The second kappa shape index (κ2) is 6.52. The number of aromatic carboxylic acids is 1. The Morgan fingerprint density at radius 3 is 2.90 bits per heavy atom. The monoisotopic (exact) mass is 276 g/mol. The summed E-state index contributed by atoms with van der Waals surface area (Å²) in [6.45, 7) is 3.59. The maximum absolute atomic E-state index is 12.0. The minimum atomic E-state index is -1.02. The first-order valence-corrected chi connectivity index (χ1v) is 6.91. The normalized spacial score (nSPS) is 18.6. The molecule has 2 rings (SSSR count). The maximum Gasteiger partial charge on any atom is 0.338 e. The number of nitrogens with one attached hydrogen (secondary N) is 2. The number of carboxylic acid groups (broad SMARTS) is 1. The topological polar surface area (TPSA) is 78.4 Å². The zero-order valence-corrected chi connectivity index (χ0v) is 11.6. The van der Waals surface area contributed by atoms with E-state index < -0.39 is 5.97 Å². The van der Waals surface area contributed by atoms with E-state index in [1.165, 1.54) is 0 Å². The average molecular weight is 276 g/mol. The van der Waals surface area contributed by atoms with Gasteiger partial charge in [0.25, 0.3) is 0 Å². The molecule has 0 spiro atoms. The molecule has 1 aromatic rings. The summed E-state index contributed by atoms with van der Waals surface area (Å²) in [4.78, 5) is 23.3. The summed E-state index contributed by atoms with van der Waals surface area (Å²) in [6, 6.07) is 5.11. The lowest BCUT2D eigenvalue weighted by Crippen LogP contribution is -2.32. The van der Waals surface area contributed by atoms with Gasteiger partial charge < -0.3 is 15.7 Å². The van der Waals surface area contributed by atoms with Crippen molar-refractivity contribution in [1.29, 1.82) is 0 Å². The smallest absolute Gasteiger partial charge is 0.338 e. The Morgan fingerprint density at radius 2 is 2.25 bits per heavy atom. The summed E-state index contributed by atoms with van der Waals surface area (Å²) < 4.78 is 0. The van der Waals surface area contributed by atoms with Crippen LogP contribution in [0.5, 0.6) is 0 Å². The number of hydrogen-bond acceptors (Lipinski definition) is 3. The lowest BCUT2D eigenvalue weighted by atomic mass is 9.96. The van der Waals surface area contributed by atoms with Crippen molar-refractivity contribution in [2.45, 2.75) is 26.2 Å². The predicted octanol–water partition coefficient (Wildman–Crippen LogP) is 2.02. The lowest BCUT2D eigenvalue weighted by molar-refractivity contribution is -0.117. The summed E-state index contributed by atoms with van der Waals surface area (Å²) in [6.07, 6.45) is 2.56. The Kier molecular flexibility index (Phi) is 4.74. The number of aryl methyl sites for hydroxylation is 1. The molecule has 0 radical (unpaired) electrons. The fourth-order valence-electron chi connectivity index (χ4n) is 2.62. The molecule has 0 aliphatic carbocycles. The van der Waals surface area contributed by atoms with Gasteiger partial charge in [-0.3, -0.25) is 4.79 Å². The van der Waals surface area contributed by atoms with E-state index in [0.29, 0.717) is 23.6 Å². The van der Waals surface area contributed by atoms with Crippen molar-refractivity contribution in [3.8, 4) is 0 Å². The molecule has 1 aromatic carbocycles. The minimum absolute atomic E-state index is 0.119. The highest BCUT2D eigenvalue weighted by molar-refractivity contribution is 6.01. The summed E-state index contributed by atoms with van der Waals surface area (Å²) in [5.41, 5.74) is 1.20.